The summed E-state index contributed by atoms with van der Waals surface area (Å²) >= 11 is 0. The zero-order valence-corrected chi connectivity index (χ0v) is 17.4. The molecule has 5 nitrogen and oxygen atoms in total. The van der Waals surface area contributed by atoms with Gasteiger partial charge in [-0.3, -0.25) is 9.59 Å². The average Bonchev–Trinajstić information content (AvgIpc) is 3.23. The van der Waals surface area contributed by atoms with Crippen LogP contribution >= 0.6 is 0 Å². The molecule has 0 aliphatic heterocycles. The molecular formula is C23H23F4N3O2. The van der Waals surface area contributed by atoms with Gasteiger partial charge in [-0.1, -0.05) is 0 Å². The van der Waals surface area contributed by atoms with Crippen LogP contribution in [0.1, 0.15) is 53.6 Å². The number of carbonyl (C=O) groups excluding carboxylic acids is 2. The molecule has 0 saturated heterocycles. The number of nitrogens with one attached hydrogen (secondary N) is 2. The maximum Gasteiger partial charge on any atom is 0.352 e. The summed E-state index contributed by atoms with van der Waals surface area (Å²) in [6.07, 6.45) is 2.65. The van der Waals surface area contributed by atoms with Crippen LogP contribution in [0.15, 0.2) is 36.4 Å². The van der Waals surface area contributed by atoms with Crippen molar-refractivity contribution in [1.82, 2.24) is 5.32 Å². The van der Waals surface area contributed by atoms with Gasteiger partial charge in [-0.25, -0.2) is 8.78 Å². The molecule has 32 heavy (non-hydrogen) atoms. The summed E-state index contributed by atoms with van der Waals surface area (Å²) in [4.78, 5) is 25.0. The third-order valence-corrected chi connectivity index (χ3v) is 6.54. The third-order valence-electron chi connectivity index (χ3n) is 6.54. The maximum atomic E-state index is 15.0. The van der Waals surface area contributed by atoms with E-state index in [-0.39, 0.29) is 16.8 Å². The quantitative estimate of drug-likeness (QED) is 0.600. The van der Waals surface area contributed by atoms with E-state index < -0.39 is 46.0 Å². The van der Waals surface area contributed by atoms with Crippen LogP contribution in [-0.4, -0.2) is 22.9 Å². The molecule has 2 aromatic rings. The minimum atomic E-state index is -4.19. The number of hydrogen-bond donors (Lipinski definition) is 3. The van der Waals surface area contributed by atoms with E-state index in [0.717, 1.165) is 18.2 Å². The highest BCUT2D eigenvalue weighted by Crippen LogP contribution is 2.49. The van der Waals surface area contributed by atoms with E-state index in [9.17, 15) is 27.2 Å². The monoisotopic (exact) mass is 449 g/mol. The van der Waals surface area contributed by atoms with E-state index in [0.29, 0.717) is 38.2 Å². The highest BCUT2D eigenvalue weighted by molar-refractivity contribution is 6.04. The lowest BCUT2D eigenvalue weighted by Gasteiger charge is -2.30. The van der Waals surface area contributed by atoms with Crippen LogP contribution in [0.25, 0.3) is 0 Å². The van der Waals surface area contributed by atoms with Crippen LogP contribution in [0.3, 0.4) is 0 Å². The molecule has 2 saturated carbocycles. The van der Waals surface area contributed by atoms with Gasteiger partial charge in [-0.2, -0.15) is 8.78 Å². The van der Waals surface area contributed by atoms with Crippen molar-refractivity contribution in [3.63, 3.8) is 0 Å². The Morgan fingerprint density at radius 2 is 1.66 bits per heavy atom. The van der Waals surface area contributed by atoms with Crippen molar-refractivity contribution in [3.05, 3.63) is 64.7 Å². The highest BCUT2D eigenvalue weighted by atomic mass is 19.3. The number of aryl methyl sites for hydroxylation is 1. The van der Waals surface area contributed by atoms with Gasteiger partial charge in [0.15, 0.2) is 0 Å². The fraction of sp³-hybridized carbons (Fsp3) is 0.391. The van der Waals surface area contributed by atoms with Crippen LogP contribution in [0.2, 0.25) is 0 Å². The molecule has 170 valence electrons. The Labute approximate surface area is 182 Å². The molecule has 0 spiro atoms. The van der Waals surface area contributed by atoms with E-state index in [1.165, 1.54) is 19.1 Å². The van der Waals surface area contributed by atoms with Crippen molar-refractivity contribution in [2.45, 2.75) is 56.0 Å². The lowest BCUT2D eigenvalue weighted by molar-refractivity contribution is -0.149. The van der Waals surface area contributed by atoms with Crippen molar-refractivity contribution < 1.29 is 27.2 Å². The molecule has 9 heteroatoms. The van der Waals surface area contributed by atoms with Gasteiger partial charge in [0.2, 0.25) is 0 Å². The van der Waals surface area contributed by atoms with Crippen molar-refractivity contribution >= 4 is 17.5 Å². The Hall–Kier alpha value is -2.94. The molecule has 0 radical (unpaired) electrons. The van der Waals surface area contributed by atoms with Crippen molar-refractivity contribution in [3.8, 4) is 0 Å². The van der Waals surface area contributed by atoms with Gasteiger partial charge in [-0.05, 0) is 81.0 Å². The first-order valence-corrected chi connectivity index (χ1v) is 10.3. The van der Waals surface area contributed by atoms with Crippen molar-refractivity contribution in [2.75, 3.05) is 5.32 Å². The molecule has 2 fully saturated rings. The summed E-state index contributed by atoms with van der Waals surface area (Å²) in [6.45, 7) is 1.50. The summed E-state index contributed by atoms with van der Waals surface area (Å²) in [6, 6.07) is 6.26. The normalized spacial score (nSPS) is 24.4. The summed E-state index contributed by atoms with van der Waals surface area (Å²) in [7, 11) is 0. The molecule has 0 heterocycles. The molecular weight excluding hydrogens is 426 g/mol. The fourth-order valence-electron chi connectivity index (χ4n) is 4.70. The molecule has 2 bridgehead atoms. The third kappa shape index (κ3) is 3.97. The molecule has 2 amide bonds. The summed E-state index contributed by atoms with van der Waals surface area (Å²) in [5.41, 5.74) is 3.99. The van der Waals surface area contributed by atoms with Crippen LogP contribution in [0.4, 0.5) is 23.2 Å². The van der Waals surface area contributed by atoms with Crippen LogP contribution in [-0.2, 0) is 10.7 Å². The maximum absolute atomic E-state index is 15.0. The second kappa shape index (κ2) is 7.58. The number of amides is 2. The number of carbonyl (C=O) groups is 2. The van der Waals surface area contributed by atoms with Crippen LogP contribution in [0.5, 0.6) is 0 Å². The van der Waals surface area contributed by atoms with Gasteiger partial charge in [0.05, 0.1) is 5.56 Å². The zero-order chi connectivity index (χ0) is 23.3. The van der Waals surface area contributed by atoms with E-state index in [1.54, 1.807) is 0 Å². The Morgan fingerprint density at radius 1 is 1.00 bits per heavy atom. The second-order valence-electron chi connectivity index (χ2n) is 8.96. The van der Waals surface area contributed by atoms with E-state index in [4.69, 9.17) is 5.73 Å². The van der Waals surface area contributed by atoms with E-state index >= 15 is 0 Å². The van der Waals surface area contributed by atoms with Gasteiger partial charge in [-0.15, -0.1) is 0 Å². The number of rotatable bonds is 5. The molecule has 0 unspecified atom stereocenters. The Kier molecular flexibility index (Phi) is 5.27. The first-order valence-electron chi connectivity index (χ1n) is 10.3. The summed E-state index contributed by atoms with van der Waals surface area (Å²) < 4.78 is 57.7. The highest BCUT2D eigenvalue weighted by Gasteiger charge is 2.55. The topological polar surface area (TPSA) is 84.2 Å². The molecule has 2 aliphatic rings. The van der Waals surface area contributed by atoms with Gasteiger partial charge in [0.25, 0.3) is 11.8 Å². The Bertz CT molecular complexity index is 1090. The molecule has 2 aliphatic carbocycles. The minimum absolute atomic E-state index is 0.246. The average molecular weight is 449 g/mol. The fourth-order valence-corrected chi connectivity index (χ4v) is 4.70. The number of anilines is 1. The van der Waals surface area contributed by atoms with Gasteiger partial charge >= 0.3 is 5.92 Å². The molecule has 0 atom stereocenters. The predicted molar refractivity (Wildman–Crippen MR) is 110 cm³/mol. The number of alkyl halides is 2. The number of fused-ring (bicyclic) bond motifs is 2. The SMILES string of the molecule is Cc1cc(NC(=O)c2ccc(F)c(C(F)(F)C(=O)NC34CCC(N)(CC3)C4)c2)ccc1F. The lowest BCUT2D eigenvalue weighted by Crippen LogP contribution is -2.51. The first-order chi connectivity index (χ1) is 14.9. The first kappa shape index (κ1) is 22.3. The Balaban J connectivity index is 1.55. The van der Waals surface area contributed by atoms with E-state index in [1.807, 2.05) is 0 Å². The summed E-state index contributed by atoms with van der Waals surface area (Å²) in [5, 5.41) is 4.85. The largest absolute Gasteiger partial charge is 0.352 e. The van der Waals surface area contributed by atoms with Crippen LogP contribution in [0, 0.1) is 18.6 Å². The number of nitrogens with two attached hydrogens (primary N) is 1. The molecule has 2 aromatic carbocycles. The van der Waals surface area contributed by atoms with Crippen LogP contribution < -0.4 is 16.4 Å². The predicted octanol–water partition coefficient (Wildman–Crippen LogP) is 4.15. The zero-order valence-electron chi connectivity index (χ0n) is 17.4. The lowest BCUT2D eigenvalue weighted by atomic mass is 9.91. The number of benzene rings is 2. The molecule has 4 rings (SSSR count). The van der Waals surface area contributed by atoms with E-state index in [2.05, 4.69) is 10.6 Å². The minimum Gasteiger partial charge on any atom is -0.345 e. The van der Waals surface area contributed by atoms with Crippen molar-refractivity contribution in [1.29, 1.82) is 0 Å². The van der Waals surface area contributed by atoms with Gasteiger partial charge in [0, 0.05) is 22.3 Å². The smallest absolute Gasteiger partial charge is 0.345 e. The van der Waals surface area contributed by atoms with Crippen molar-refractivity contribution in [2.24, 2.45) is 5.73 Å². The second-order valence-corrected chi connectivity index (χ2v) is 8.96. The molecule has 0 aromatic heterocycles. The summed E-state index contributed by atoms with van der Waals surface area (Å²) in [5.74, 6) is -8.37. The Morgan fingerprint density at radius 3 is 2.25 bits per heavy atom. The standard InChI is InChI=1S/C23H23F4N3O2/c1-13-10-15(3-5-17(13)24)29-19(31)14-2-4-18(25)16(11-14)23(26,27)20(32)30-22-8-6-21(28,12-22)7-9-22/h2-5,10-11H,6-9,12,28H2,1H3,(H,29,31)(H,30,32). The van der Waals surface area contributed by atoms with Gasteiger partial charge in [0.1, 0.15) is 11.6 Å². The number of halogens is 4. The van der Waals surface area contributed by atoms with Gasteiger partial charge < -0.3 is 16.4 Å². The molecule has 4 N–H and O–H groups in total. The number of hydrogen-bond acceptors (Lipinski definition) is 3.